The van der Waals surface area contributed by atoms with E-state index in [-0.39, 0.29) is 5.91 Å². The average molecular weight is 240 g/mol. The number of rotatable bonds is 3. The van der Waals surface area contributed by atoms with E-state index in [1.54, 1.807) is 11.9 Å². The summed E-state index contributed by atoms with van der Waals surface area (Å²) in [5, 5.41) is 3.06. The molecule has 0 spiro atoms. The van der Waals surface area contributed by atoms with E-state index in [1.165, 1.54) is 0 Å². The first kappa shape index (κ1) is 12.2. The third kappa shape index (κ3) is 2.51. The molecule has 0 heterocycles. The fourth-order valence-corrected chi connectivity index (χ4v) is 1.76. The van der Waals surface area contributed by atoms with Crippen LogP contribution in [0.25, 0.3) is 0 Å². The van der Waals surface area contributed by atoms with Gasteiger partial charge in [0, 0.05) is 31.0 Å². The molecule has 0 aliphatic heterocycles. The molecule has 2 aromatic rings. The fourth-order valence-electron chi connectivity index (χ4n) is 1.76. The minimum atomic E-state index is -0.0103. The van der Waals surface area contributed by atoms with Crippen molar-refractivity contribution in [3.63, 3.8) is 0 Å². The molecule has 1 N–H and O–H groups in total. The van der Waals surface area contributed by atoms with Gasteiger partial charge in [-0.25, -0.2) is 0 Å². The highest BCUT2D eigenvalue weighted by molar-refractivity contribution is 6.05. The Labute approximate surface area is 107 Å². The highest BCUT2D eigenvalue weighted by atomic mass is 16.2. The summed E-state index contributed by atoms with van der Waals surface area (Å²) < 4.78 is 0. The molecule has 0 aromatic heterocycles. The van der Waals surface area contributed by atoms with Crippen molar-refractivity contribution < 1.29 is 4.79 Å². The molecule has 0 aliphatic carbocycles. The minimum Gasteiger partial charge on any atom is -0.388 e. The van der Waals surface area contributed by atoms with Gasteiger partial charge < -0.3 is 10.2 Å². The highest BCUT2D eigenvalue weighted by Gasteiger charge is 2.12. The summed E-state index contributed by atoms with van der Waals surface area (Å²) >= 11 is 0. The van der Waals surface area contributed by atoms with Gasteiger partial charge in [0.25, 0.3) is 5.91 Å². The number of hydrogen-bond acceptors (Lipinski definition) is 2. The first-order valence-corrected chi connectivity index (χ1v) is 5.83. The van der Waals surface area contributed by atoms with Gasteiger partial charge in [0.1, 0.15) is 0 Å². The van der Waals surface area contributed by atoms with Gasteiger partial charge in [-0.1, -0.05) is 24.3 Å². The van der Waals surface area contributed by atoms with Gasteiger partial charge in [-0.15, -0.1) is 0 Å². The van der Waals surface area contributed by atoms with E-state index >= 15 is 0 Å². The molecule has 3 heteroatoms. The Morgan fingerprint density at radius 3 is 2.44 bits per heavy atom. The lowest BCUT2D eigenvalue weighted by atomic mass is 10.2. The molecular weight excluding hydrogens is 224 g/mol. The van der Waals surface area contributed by atoms with Gasteiger partial charge in [0.15, 0.2) is 0 Å². The predicted octanol–water partition coefficient (Wildman–Crippen LogP) is 3.00. The summed E-state index contributed by atoms with van der Waals surface area (Å²) in [5.74, 6) is -0.0103. The number of anilines is 2. The van der Waals surface area contributed by atoms with Crippen molar-refractivity contribution >= 4 is 17.3 Å². The van der Waals surface area contributed by atoms with Crippen LogP contribution in [0.3, 0.4) is 0 Å². The van der Waals surface area contributed by atoms with Crippen molar-refractivity contribution in [2.75, 3.05) is 24.3 Å². The van der Waals surface area contributed by atoms with Crippen molar-refractivity contribution in [1.82, 2.24) is 0 Å². The van der Waals surface area contributed by atoms with E-state index < -0.39 is 0 Å². The van der Waals surface area contributed by atoms with E-state index in [4.69, 9.17) is 0 Å². The van der Waals surface area contributed by atoms with Crippen LogP contribution in [-0.2, 0) is 0 Å². The zero-order valence-corrected chi connectivity index (χ0v) is 10.6. The minimum absolute atomic E-state index is 0.0103. The molecule has 0 fully saturated rings. The molecule has 0 radical (unpaired) electrons. The van der Waals surface area contributed by atoms with Crippen molar-refractivity contribution in [3.8, 4) is 0 Å². The van der Waals surface area contributed by atoms with E-state index in [9.17, 15) is 4.79 Å². The number of nitrogens with zero attached hydrogens (tertiary/aromatic N) is 1. The average Bonchev–Trinajstić information content (AvgIpc) is 2.46. The van der Waals surface area contributed by atoms with Crippen LogP contribution in [0.5, 0.6) is 0 Å². The molecule has 0 saturated carbocycles. The third-order valence-corrected chi connectivity index (χ3v) is 2.85. The topological polar surface area (TPSA) is 32.3 Å². The lowest BCUT2D eigenvalue weighted by Gasteiger charge is -2.18. The van der Waals surface area contributed by atoms with Crippen LogP contribution in [0, 0.1) is 0 Å². The molecule has 18 heavy (non-hydrogen) atoms. The zero-order chi connectivity index (χ0) is 13.0. The SMILES string of the molecule is CNc1cccc(N(C)C(=O)c2ccccc2)c1. The monoisotopic (exact) mass is 240 g/mol. The van der Waals surface area contributed by atoms with E-state index in [2.05, 4.69) is 5.32 Å². The van der Waals surface area contributed by atoms with Crippen LogP contribution >= 0.6 is 0 Å². The Kier molecular flexibility index (Phi) is 3.63. The fraction of sp³-hybridized carbons (Fsp3) is 0.133. The molecule has 0 saturated heterocycles. The molecule has 92 valence electrons. The van der Waals surface area contributed by atoms with E-state index in [1.807, 2.05) is 61.6 Å². The summed E-state index contributed by atoms with van der Waals surface area (Å²) in [6.07, 6.45) is 0. The maximum absolute atomic E-state index is 12.3. The largest absolute Gasteiger partial charge is 0.388 e. The summed E-state index contributed by atoms with van der Waals surface area (Å²) in [4.78, 5) is 13.9. The molecule has 0 bridgehead atoms. The number of carbonyl (C=O) groups is 1. The van der Waals surface area contributed by atoms with Crippen molar-refractivity contribution in [1.29, 1.82) is 0 Å². The molecular formula is C15H16N2O. The second-order valence-electron chi connectivity index (χ2n) is 4.03. The standard InChI is InChI=1S/C15H16N2O/c1-16-13-9-6-10-14(11-13)17(2)15(18)12-7-4-3-5-8-12/h3-11,16H,1-2H3. The van der Waals surface area contributed by atoms with Gasteiger partial charge in [0.2, 0.25) is 0 Å². The van der Waals surface area contributed by atoms with Crippen LogP contribution in [0.1, 0.15) is 10.4 Å². The quantitative estimate of drug-likeness (QED) is 0.894. The van der Waals surface area contributed by atoms with Crippen LogP contribution < -0.4 is 10.2 Å². The number of carbonyl (C=O) groups excluding carboxylic acids is 1. The highest BCUT2D eigenvalue weighted by Crippen LogP contribution is 2.19. The Morgan fingerprint density at radius 2 is 1.78 bits per heavy atom. The smallest absolute Gasteiger partial charge is 0.258 e. The summed E-state index contributed by atoms with van der Waals surface area (Å²) in [6, 6.07) is 17.0. The van der Waals surface area contributed by atoms with Crippen LogP contribution in [-0.4, -0.2) is 20.0 Å². The molecule has 2 aromatic carbocycles. The van der Waals surface area contributed by atoms with E-state index in [0.29, 0.717) is 5.56 Å². The maximum atomic E-state index is 12.3. The predicted molar refractivity (Wildman–Crippen MR) is 75.2 cm³/mol. The van der Waals surface area contributed by atoms with Gasteiger partial charge >= 0.3 is 0 Å². The number of nitrogens with one attached hydrogen (secondary N) is 1. The Balaban J connectivity index is 2.25. The van der Waals surface area contributed by atoms with E-state index in [0.717, 1.165) is 11.4 Å². The van der Waals surface area contributed by atoms with Crippen LogP contribution in [0.4, 0.5) is 11.4 Å². The molecule has 1 amide bonds. The second-order valence-corrected chi connectivity index (χ2v) is 4.03. The normalized spacial score (nSPS) is 9.89. The molecule has 2 rings (SSSR count). The lowest BCUT2D eigenvalue weighted by molar-refractivity contribution is 0.0993. The first-order valence-electron chi connectivity index (χ1n) is 5.83. The van der Waals surface area contributed by atoms with Crippen LogP contribution in [0.15, 0.2) is 54.6 Å². The van der Waals surface area contributed by atoms with Gasteiger partial charge in [-0.2, -0.15) is 0 Å². The maximum Gasteiger partial charge on any atom is 0.258 e. The van der Waals surface area contributed by atoms with Crippen molar-refractivity contribution in [2.45, 2.75) is 0 Å². The van der Waals surface area contributed by atoms with Gasteiger partial charge in [-0.05, 0) is 30.3 Å². The molecule has 0 aliphatic rings. The molecule has 3 nitrogen and oxygen atoms in total. The van der Waals surface area contributed by atoms with Crippen LogP contribution in [0.2, 0.25) is 0 Å². The Bertz CT molecular complexity index is 537. The van der Waals surface area contributed by atoms with Gasteiger partial charge in [0.05, 0.1) is 0 Å². The van der Waals surface area contributed by atoms with Gasteiger partial charge in [-0.3, -0.25) is 4.79 Å². The zero-order valence-electron chi connectivity index (χ0n) is 10.6. The summed E-state index contributed by atoms with van der Waals surface area (Å²) in [7, 11) is 3.64. The Morgan fingerprint density at radius 1 is 1.06 bits per heavy atom. The van der Waals surface area contributed by atoms with Crippen molar-refractivity contribution in [3.05, 3.63) is 60.2 Å². The second kappa shape index (κ2) is 5.36. The summed E-state index contributed by atoms with van der Waals surface area (Å²) in [6.45, 7) is 0. The molecule has 0 unspecified atom stereocenters. The first-order chi connectivity index (χ1) is 8.72. The molecule has 0 atom stereocenters. The Hall–Kier alpha value is -2.29. The summed E-state index contributed by atoms with van der Waals surface area (Å²) in [5.41, 5.74) is 2.55. The lowest BCUT2D eigenvalue weighted by Crippen LogP contribution is -2.26. The number of hydrogen-bond donors (Lipinski definition) is 1. The number of benzene rings is 2. The third-order valence-electron chi connectivity index (χ3n) is 2.85. The van der Waals surface area contributed by atoms with Crippen molar-refractivity contribution in [2.24, 2.45) is 0 Å². The number of amides is 1.